The summed E-state index contributed by atoms with van der Waals surface area (Å²) in [5.41, 5.74) is 2.24. The molecule has 1 amide bonds. The number of nitrogens with one attached hydrogen (secondary N) is 2. The van der Waals surface area contributed by atoms with Crippen LogP contribution in [0.4, 0.5) is 0 Å². The van der Waals surface area contributed by atoms with Gasteiger partial charge in [0.15, 0.2) is 11.5 Å². The molecule has 0 heterocycles. The molecule has 10 heteroatoms. The number of sulfonamides is 1. The summed E-state index contributed by atoms with van der Waals surface area (Å²) in [6.45, 7) is 0. The lowest BCUT2D eigenvalue weighted by Gasteiger charge is -2.14. The molecule has 0 radical (unpaired) electrons. The number of carbonyl (C=O) groups excluding carboxylic acids is 1. The molecule has 0 aliphatic rings. The van der Waals surface area contributed by atoms with Gasteiger partial charge in [-0.2, -0.15) is 0 Å². The van der Waals surface area contributed by atoms with Gasteiger partial charge in [0, 0.05) is 10.6 Å². The normalized spacial score (nSPS) is 10.9. The van der Waals surface area contributed by atoms with Gasteiger partial charge in [0.1, 0.15) is 0 Å². The number of amides is 1. The van der Waals surface area contributed by atoms with Crippen LogP contribution in [-0.2, 0) is 10.0 Å². The SMILES string of the molecule is COc1cc(C(=O)NNS(=O)(=O)c2ccc(Cl)cc2)cc(OC)c1OC. The lowest BCUT2D eigenvalue weighted by Crippen LogP contribution is -2.41. The predicted octanol–water partition coefficient (Wildman–Crippen LogP) is 1.99. The standard InChI is InChI=1S/C16H17ClN2O6S/c1-23-13-8-10(9-14(24-2)15(13)25-3)16(20)18-19-26(21,22)12-6-4-11(17)5-7-12/h4-9,19H,1-3H3,(H,18,20). The summed E-state index contributed by atoms with van der Waals surface area (Å²) in [5.74, 6) is 0.130. The zero-order chi connectivity index (χ0) is 19.3. The zero-order valence-corrected chi connectivity index (χ0v) is 15.8. The lowest BCUT2D eigenvalue weighted by molar-refractivity contribution is 0.0944. The van der Waals surface area contributed by atoms with E-state index in [1.54, 1.807) is 0 Å². The number of hydrogen-bond acceptors (Lipinski definition) is 6. The molecule has 0 unspecified atom stereocenters. The average Bonchev–Trinajstić information content (AvgIpc) is 2.65. The van der Waals surface area contributed by atoms with Gasteiger partial charge in [0.2, 0.25) is 5.75 Å². The van der Waals surface area contributed by atoms with Gasteiger partial charge >= 0.3 is 0 Å². The number of ether oxygens (including phenoxy) is 3. The van der Waals surface area contributed by atoms with E-state index in [0.717, 1.165) is 0 Å². The van der Waals surface area contributed by atoms with Crippen molar-refractivity contribution >= 4 is 27.5 Å². The Labute approximate surface area is 156 Å². The summed E-state index contributed by atoms with van der Waals surface area (Å²) in [6.07, 6.45) is 0. The Morgan fingerprint density at radius 2 is 1.50 bits per heavy atom. The van der Waals surface area contributed by atoms with Crippen LogP contribution < -0.4 is 24.5 Å². The zero-order valence-electron chi connectivity index (χ0n) is 14.2. The number of methoxy groups -OCH3 is 3. The van der Waals surface area contributed by atoms with Crippen LogP contribution in [-0.4, -0.2) is 35.7 Å². The molecule has 0 atom stereocenters. The summed E-state index contributed by atoms with van der Waals surface area (Å²) in [5, 5.41) is 0.394. The van der Waals surface area contributed by atoms with Crippen LogP contribution in [0.5, 0.6) is 17.2 Å². The van der Waals surface area contributed by atoms with Gasteiger partial charge in [-0.25, -0.2) is 8.42 Å². The topological polar surface area (TPSA) is 103 Å². The van der Waals surface area contributed by atoms with E-state index >= 15 is 0 Å². The smallest absolute Gasteiger partial charge is 0.266 e. The van der Waals surface area contributed by atoms with Gasteiger partial charge in [-0.15, -0.1) is 4.83 Å². The third-order valence-corrected chi connectivity index (χ3v) is 4.87. The van der Waals surface area contributed by atoms with E-state index in [1.165, 1.54) is 57.7 Å². The Morgan fingerprint density at radius 3 is 1.96 bits per heavy atom. The van der Waals surface area contributed by atoms with Crippen LogP contribution in [0.25, 0.3) is 0 Å². The predicted molar refractivity (Wildman–Crippen MR) is 95.3 cm³/mol. The van der Waals surface area contributed by atoms with E-state index in [0.29, 0.717) is 10.8 Å². The maximum atomic E-state index is 12.3. The molecule has 0 spiro atoms. The fourth-order valence-electron chi connectivity index (χ4n) is 2.07. The molecular formula is C16H17ClN2O6S. The Hall–Kier alpha value is -2.49. The highest BCUT2D eigenvalue weighted by Crippen LogP contribution is 2.38. The summed E-state index contributed by atoms with van der Waals surface area (Å²) >= 11 is 5.73. The van der Waals surface area contributed by atoms with Crippen LogP contribution >= 0.6 is 11.6 Å². The molecule has 2 aromatic carbocycles. The molecule has 26 heavy (non-hydrogen) atoms. The summed E-state index contributed by atoms with van der Waals surface area (Å²) < 4.78 is 39.9. The summed E-state index contributed by atoms with van der Waals surface area (Å²) in [6, 6.07) is 8.28. The monoisotopic (exact) mass is 400 g/mol. The second-order valence-corrected chi connectivity index (χ2v) is 7.05. The fraction of sp³-hybridized carbons (Fsp3) is 0.188. The molecule has 0 saturated carbocycles. The minimum Gasteiger partial charge on any atom is -0.493 e. The number of hydrogen-bond donors (Lipinski definition) is 2. The van der Waals surface area contributed by atoms with Crippen molar-refractivity contribution in [3.8, 4) is 17.2 Å². The van der Waals surface area contributed by atoms with Crippen LogP contribution in [0, 0.1) is 0 Å². The van der Waals surface area contributed by atoms with Crippen molar-refractivity contribution in [2.75, 3.05) is 21.3 Å². The molecule has 2 N–H and O–H groups in total. The number of hydrazine groups is 1. The first-order valence-corrected chi connectivity index (χ1v) is 9.06. The molecule has 0 aliphatic carbocycles. The van der Waals surface area contributed by atoms with Gasteiger partial charge < -0.3 is 14.2 Å². The minimum atomic E-state index is -3.95. The molecule has 0 bridgehead atoms. The number of carbonyl (C=O) groups is 1. The van der Waals surface area contributed by atoms with Crippen LogP contribution in [0.1, 0.15) is 10.4 Å². The van der Waals surface area contributed by atoms with Gasteiger partial charge in [-0.05, 0) is 36.4 Å². The fourth-order valence-corrected chi connectivity index (χ4v) is 3.04. The van der Waals surface area contributed by atoms with Crippen LogP contribution in [0.15, 0.2) is 41.3 Å². The third-order valence-electron chi connectivity index (χ3n) is 3.35. The van der Waals surface area contributed by atoms with Gasteiger partial charge in [0.25, 0.3) is 15.9 Å². The summed E-state index contributed by atoms with van der Waals surface area (Å²) in [4.78, 5) is 14.3. The Morgan fingerprint density at radius 1 is 0.962 bits per heavy atom. The average molecular weight is 401 g/mol. The lowest BCUT2D eigenvalue weighted by atomic mass is 10.1. The molecule has 8 nitrogen and oxygen atoms in total. The maximum absolute atomic E-state index is 12.3. The Balaban J connectivity index is 2.21. The summed E-state index contributed by atoms with van der Waals surface area (Å²) in [7, 11) is 0.289. The highest BCUT2D eigenvalue weighted by Gasteiger charge is 2.19. The van der Waals surface area contributed by atoms with Crippen molar-refractivity contribution in [2.45, 2.75) is 4.90 Å². The van der Waals surface area contributed by atoms with E-state index < -0.39 is 15.9 Å². The van der Waals surface area contributed by atoms with Crippen LogP contribution in [0.3, 0.4) is 0 Å². The molecule has 2 aromatic rings. The Bertz CT molecular complexity index is 874. The van der Waals surface area contributed by atoms with Crippen molar-refractivity contribution in [2.24, 2.45) is 0 Å². The van der Waals surface area contributed by atoms with E-state index in [2.05, 4.69) is 5.43 Å². The molecule has 0 saturated heterocycles. The Kier molecular flexibility index (Phi) is 6.30. The van der Waals surface area contributed by atoms with E-state index in [-0.39, 0.29) is 22.0 Å². The highest BCUT2D eigenvalue weighted by atomic mass is 35.5. The molecular weight excluding hydrogens is 384 g/mol. The van der Waals surface area contributed by atoms with Crippen molar-refractivity contribution in [1.82, 2.24) is 10.3 Å². The second kappa shape index (κ2) is 8.26. The number of rotatable bonds is 7. The largest absolute Gasteiger partial charge is 0.493 e. The van der Waals surface area contributed by atoms with Crippen LogP contribution in [0.2, 0.25) is 5.02 Å². The molecule has 0 fully saturated rings. The van der Waals surface area contributed by atoms with Gasteiger partial charge in [-0.1, -0.05) is 11.6 Å². The maximum Gasteiger partial charge on any atom is 0.266 e. The van der Waals surface area contributed by atoms with Crippen molar-refractivity contribution in [3.63, 3.8) is 0 Å². The first-order valence-electron chi connectivity index (χ1n) is 7.20. The highest BCUT2D eigenvalue weighted by molar-refractivity contribution is 7.89. The first kappa shape index (κ1) is 19.8. The van der Waals surface area contributed by atoms with Gasteiger partial charge in [0.05, 0.1) is 26.2 Å². The first-order chi connectivity index (χ1) is 12.3. The number of halogens is 1. The van der Waals surface area contributed by atoms with Gasteiger partial charge in [-0.3, -0.25) is 10.2 Å². The quantitative estimate of drug-likeness (QED) is 0.689. The molecule has 140 valence electrons. The van der Waals surface area contributed by atoms with E-state index in [1.807, 2.05) is 4.83 Å². The van der Waals surface area contributed by atoms with Crippen molar-refractivity contribution < 1.29 is 27.4 Å². The molecule has 0 aliphatic heterocycles. The van der Waals surface area contributed by atoms with Crippen molar-refractivity contribution in [3.05, 3.63) is 47.0 Å². The van der Waals surface area contributed by atoms with E-state index in [4.69, 9.17) is 25.8 Å². The minimum absolute atomic E-state index is 0.0490. The number of benzene rings is 2. The van der Waals surface area contributed by atoms with E-state index in [9.17, 15) is 13.2 Å². The van der Waals surface area contributed by atoms with Crippen molar-refractivity contribution in [1.29, 1.82) is 0 Å². The molecule has 2 rings (SSSR count). The second-order valence-electron chi connectivity index (χ2n) is 4.93. The third kappa shape index (κ3) is 4.37. The molecule has 0 aromatic heterocycles.